The van der Waals surface area contributed by atoms with E-state index in [9.17, 15) is 4.39 Å². The Morgan fingerprint density at radius 1 is 0.726 bits per heavy atom. The third-order valence-electron chi connectivity index (χ3n) is 14.2. The Kier molecular flexibility index (Phi) is 13.2. The zero-order valence-electron chi connectivity index (χ0n) is 43.7. The average Bonchev–Trinajstić information content (AvgIpc) is 3.99. The second kappa shape index (κ2) is 19.9. The average molecular weight is 1150 g/mol. The molecule has 4 heterocycles. The van der Waals surface area contributed by atoms with Gasteiger partial charge in [-0.2, -0.15) is 0 Å². The Labute approximate surface area is 444 Å². The van der Waals surface area contributed by atoms with E-state index in [2.05, 4.69) is 153 Å². The van der Waals surface area contributed by atoms with Gasteiger partial charge < -0.3 is 14.0 Å². The van der Waals surface area contributed by atoms with Crippen LogP contribution in [0, 0.1) is 17.9 Å². The fraction of sp³-hybridized carbons (Fsp3) is 0.215. The maximum atomic E-state index is 14.4. The third kappa shape index (κ3) is 9.42. The molecule has 5 nitrogen and oxygen atoms in total. The topological polar surface area (TPSA) is 56.7 Å². The molecule has 11 aromatic rings. The summed E-state index contributed by atoms with van der Waals surface area (Å²) in [6.45, 7) is 17.4. The number of hydrogen-bond acceptors (Lipinski definition) is 4. The van der Waals surface area contributed by atoms with E-state index in [-0.39, 0.29) is 31.3 Å². The minimum Gasteiger partial charge on any atom is -0.500 e. The van der Waals surface area contributed by atoms with Crippen molar-refractivity contribution < 1.29 is 30.3 Å². The van der Waals surface area contributed by atoms with Crippen LogP contribution >= 0.6 is 0 Å². The van der Waals surface area contributed by atoms with Crippen molar-refractivity contribution in [2.75, 3.05) is 0 Å². The Hall–Kier alpha value is -6.83. The molecule has 0 amide bonds. The molecule has 0 saturated heterocycles. The van der Waals surface area contributed by atoms with Crippen molar-refractivity contribution in [2.45, 2.75) is 91.3 Å². The molecule has 0 bridgehead atoms. The monoisotopic (exact) mass is 1150 g/mol. The summed E-state index contributed by atoms with van der Waals surface area (Å²) >= 11 is 0. The second-order valence-corrected chi connectivity index (χ2v) is 26.5. The number of pyridine rings is 2. The minimum atomic E-state index is -1.64. The quantitative estimate of drug-likeness (QED) is 0.118. The number of fused-ring (bicyclic) bond motifs is 8. The summed E-state index contributed by atoms with van der Waals surface area (Å²) in [5.74, 6) is -0.210. The number of aromatic nitrogens is 4. The molecule has 1 aliphatic carbocycles. The predicted molar refractivity (Wildman–Crippen MR) is 300 cm³/mol. The summed E-state index contributed by atoms with van der Waals surface area (Å²) in [6.07, 6.45) is 8.28. The smallest absolute Gasteiger partial charge is 0.127 e. The van der Waals surface area contributed by atoms with Crippen molar-refractivity contribution in [3.05, 3.63) is 198 Å². The largest absolute Gasteiger partial charge is 0.500 e. The molecule has 0 unspecified atom stereocenters. The number of benzene rings is 7. The van der Waals surface area contributed by atoms with Crippen LogP contribution in [0.5, 0.6) is 0 Å². The Morgan fingerprint density at radius 2 is 1.44 bits per heavy atom. The molecular weight excluding hydrogens is 1090 g/mol. The summed E-state index contributed by atoms with van der Waals surface area (Å²) in [7, 11) is -1.64. The summed E-state index contributed by atoms with van der Waals surface area (Å²) < 4.78 is 32.2. The van der Waals surface area contributed by atoms with E-state index in [0.717, 1.165) is 96.2 Å². The van der Waals surface area contributed by atoms with Crippen molar-refractivity contribution in [2.24, 2.45) is 0 Å². The van der Waals surface area contributed by atoms with Gasteiger partial charge in [0.15, 0.2) is 0 Å². The summed E-state index contributed by atoms with van der Waals surface area (Å²) in [5, 5.41) is 5.61. The molecule has 367 valence electrons. The molecule has 0 fully saturated rings. The van der Waals surface area contributed by atoms with Crippen molar-refractivity contribution in [3.8, 4) is 50.6 Å². The molecule has 4 aromatic heterocycles. The zero-order valence-corrected chi connectivity index (χ0v) is 46.1. The molecule has 0 saturated carbocycles. The standard InChI is InChI=1S/C42H34N3O.C23H25FNSi.Ir/c1-42(2,3)28-21-23-36(33(24-28)26-12-5-4-6-13-26)45-37-22-20-27-14-7-8-15-29(27)38(37)44-41(45)32-18-11-17-30-34-25-43-35-19-10-9-16-31(35)40(34)46-39(30)32;1-16(2)19-14-22(25-15-23(19)26(3,4)5)18-11-12-21(24)20(13-18)17-9-7-6-8-10-17;/h4-8,11-15,17,20-25H,9-10,16,19H2,1-3H3;6-10,12-16H,1-5H3;/q2*-1;/i;16D;. The van der Waals surface area contributed by atoms with E-state index in [0.29, 0.717) is 5.56 Å². The van der Waals surface area contributed by atoms with Gasteiger partial charge in [-0.3, -0.25) is 14.4 Å². The number of imidazole rings is 1. The van der Waals surface area contributed by atoms with E-state index in [1.54, 1.807) is 6.07 Å². The Morgan fingerprint density at radius 3 is 2.16 bits per heavy atom. The molecule has 73 heavy (non-hydrogen) atoms. The van der Waals surface area contributed by atoms with Gasteiger partial charge in [-0.15, -0.1) is 42.0 Å². The SMILES string of the molecule is CC(C)(C)c1ccc(-n2c(-c3[c-]ccc4c3oc3c5c(ncc34)CCCC5)nc3c4ccccc4ccc32)c(-c2ccccc2)c1.[2H]C(C)(C)c1cc(-c2[c-]cc(F)c(-c3ccccc3)c2)ncc1[Si](C)(C)C.[Ir]. The van der Waals surface area contributed by atoms with Crippen LogP contribution in [0.3, 0.4) is 0 Å². The normalized spacial score (nSPS) is 13.1. The first-order chi connectivity index (χ1) is 35.0. The molecule has 0 spiro atoms. The number of aryl methyl sites for hydroxylation is 2. The molecular formula is C65H59FIrN4OSi-2. The maximum Gasteiger partial charge on any atom is 0.127 e. The van der Waals surface area contributed by atoms with Crippen LogP contribution in [0.25, 0.3) is 94.3 Å². The fourth-order valence-corrected chi connectivity index (χ4v) is 11.9. The molecule has 0 aliphatic heterocycles. The van der Waals surface area contributed by atoms with Crippen LogP contribution < -0.4 is 5.19 Å². The van der Waals surface area contributed by atoms with E-state index in [4.69, 9.17) is 15.8 Å². The van der Waals surface area contributed by atoms with Crippen LogP contribution in [-0.4, -0.2) is 27.6 Å². The first-order valence-corrected chi connectivity index (χ1v) is 28.7. The number of rotatable bonds is 7. The van der Waals surface area contributed by atoms with Crippen LogP contribution in [-0.2, 0) is 38.4 Å². The molecule has 12 rings (SSSR count). The summed E-state index contributed by atoms with van der Waals surface area (Å²) in [5.41, 5.74) is 15.6. The third-order valence-corrected chi connectivity index (χ3v) is 16.2. The zero-order chi connectivity index (χ0) is 50.8. The van der Waals surface area contributed by atoms with E-state index < -0.39 is 14.0 Å². The molecule has 1 aliphatic rings. The van der Waals surface area contributed by atoms with Gasteiger partial charge in [0.1, 0.15) is 5.58 Å². The van der Waals surface area contributed by atoms with Crippen molar-refractivity contribution in [3.63, 3.8) is 0 Å². The van der Waals surface area contributed by atoms with Crippen LogP contribution in [0.1, 0.15) is 77.1 Å². The number of furan rings is 1. The Balaban J connectivity index is 0.000000192. The number of halogens is 1. The van der Waals surface area contributed by atoms with Gasteiger partial charge in [-0.05, 0) is 88.1 Å². The van der Waals surface area contributed by atoms with Crippen molar-refractivity contribution >= 4 is 57.0 Å². The second-order valence-electron chi connectivity index (χ2n) is 21.4. The van der Waals surface area contributed by atoms with Gasteiger partial charge in [0.2, 0.25) is 0 Å². The molecule has 7 aromatic carbocycles. The molecule has 0 atom stereocenters. The predicted octanol–water partition coefficient (Wildman–Crippen LogP) is 16.8. The van der Waals surface area contributed by atoms with Crippen LogP contribution in [0.2, 0.25) is 19.6 Å². The van der Waals surface area contributed by atoms with Crippen LogP contribution in [0.4, 0.5) is 4.39 Å². The number of nitrogens with zero attached hydrogens (tertiary/aromatic N) is 4. The fourth-order valence-electron chi connectivity index (χ4n) is 10.4. The summed E-state index contributed by atoms with van der Waals surface area (Å²) in [6, 6.07) is 55.8. The molecule has 1 radical (unpaired) electrons. The van der Waals surface area contributed by atoms with Crippen molar-refractivity contribution in [1.29, 1.82) is 0 Å². The molecule has 0 N–H and O–H groups in total. The minimum absolute atomic E-state index is 0. The van der Waals surface area contributed by atoms with Gasteiger partial charge in [0.05, 0.1) is 30.5 Å². The first kappa shape index (κ1) is 48.4. The van der Waals surface area contributed by atoms with Gasteiger partial charge in [-0.1, -0.05) is 179 Å². The number of hydrogen-bond donors (Lipinski definition) is 0. The van der Waals surface area contributed by atoms with Crippen molar-refractivity contribution in [1.82, 2.24) is 19.5 Å². The first-order valence-electron chi connectivity index (χ1n) is 25.7. The van der Waals surface area contributed by atoms with E-state index in [1.165, 1.54) is 51.9 Å². The maximum absolute atomic E-state index is 14.4. The van der Waals surface area contributed by atoms with Gasteiger partial charge in [0, 0.05) is 73.0 Å². The van der Waals surface area contributed by atoms with E-state index >= 15 is 0 Å². The van der Waals surface area contributed by atoms with Gasteiger partial charge in [-0.25, -0.2) is 0 Å². The van der Waals surface area contributed by atoms with Gasteiger partial charge in [0.25, 0.3) is 0 Å². The van der Waals surface area contributed by atoms with Crippen LogP contribution in [0.15, 0.2) is 162 Å². The van der Waals surface area contributed by atoms with E-state index in [1.807, 2.05) is 68.7 Å². The van der Waals surface area contributed by atoms with Gasteiger partial charge >= 0.3 is 0 Å². The Bertz CT molecular complexity index is 3880. The molecule has 8 heteroatoms. The summed E-state index contributed by atoms with van der Waals surface area (Å²) in [4.78, 5) is 15.0.